The van der Waals surface area contributed by atoms with E-state index in [0.717, 1.165) is 44.7 Å². The lowest BCUT2D eigenvalue weighted by atomic mass is 10.1. The fourth-order valence-corrected chi connectivity index (χ4v) is 4.62. The molecule has 0 radical (unpaired) electrons. The first-order valence-electron chi connectivity index (χ1n) is 11.6. The molecular formula is C24H28N6O4S. The number of piperazine rings is 1. The van der Waals surface area contributed by atoms with Crippen LogP contribution >= 0.6 is 12.2 Å². The highest BCUT2D eigenvalue weighted by molar-refractivity contribution is 7.80. The third kappa shape index (κ3) is 5.86. The van der Waals surface area contributed by atoms with Gasteiger partial charge in [0, 0.05) is 69.2 Å². The van der Waals surface area contributed by atoms with Crippen LogP contribution < -0.4 is 20.4 Å². The van der Waals surface area contributed by atoms with Crippen molar-refractivity contribution in [1.29, 1.82) is 0 Å². The predicted molar refractivity (Wildman–Crippen MR) is 139 cm³/mol. The summed E-state index contributed by atoms with van der Waals surface area (Å²) in [4.78, 5) is 41.3. The van der Waals surface area contributed by atoms with Gasteiger partial charge in [-0.3, -0.25) is 25.0 Å². The molecule has 2 fully saturated rings. The fraction of sp³-hybridized carbons (Fsp3) is 0.375. The van der Waals surface area contributed by atoms with E-state index in [1.54, 1.807) is 19.1 Å². The van der Waals surface area contributed by atoms with Crippen LogP contribution in [-0.4, -0.2) is 66.0 Å². The van der Waals surface area contributed by atoms with Crippen LogP contribution in [0.5, 0.6) is 0 Å². The molecule has 2 aliphatic heterocycles. The van der Waals surface area contributed by atoms with Gasteiger partial charge in [-0.1, -0.05) is 0 Å². The number of nitrogens with zero attached hydrogens (tertiary/aromatic N) is 4. The molecule has 0 aliphatic carbocycles. The van der Waals surface area contributed by atoms with Gasteiger partial charge >= 0.3 is 0 Å². The standard InChI is InChI=1S/C24H28N6O4S/c1-17(31)27-12-14-28(15-13-27)20-7-5-19(6-8-20)25-24(35)26-23(32)18-4-9-21(22(16-18)30(33)34)29-10-2-3-11-29/h4-9,16H,2-3,10-15H2,1H3,(H2,25,26,32,35). The first kappa shape index (κ1) is 24.4. The van der Waals surface area contributed by atoms with Crippen LogP contribution in [0.1, 0.15) is 30.1 Å². The van der Waals surface area contributed by atoms with Gasteiger partial charge < -0.3 is 20.0 Å². The molecule has 11 heteroatoms. The van der Waals surface area contributed by atoms with Gasteiger partial charge in [-0.05, 0) is 61.5 Å². The van der Waals surface area contributed by atoms with Gasteiger partial charge in [0.1, 0.15) is 5.69 Å². The van der Waals surface area contributed by atoms with E-state index in [1.165, 1.54) is 6.07 Å². The van der Waals surface area contributed by atoms with Crippen molar-refractivity contribution in [3.8, 4) is 0 Å². The van der Waals surface area contributed by atoms with Crippen molar-refractivity contribution in [3.05, 3.63) is 58.1 Å². The Morgan fingerprint density at radius 3 is 2.20 bits per heavy atom. The number of hydrogen-bond acceptors (Lipinski definition) is 7. The van der Waals surface area contributed by atoms with Crippen molar-refractivity contribution in [2.45, 2.75) is 19.8 Å². The molecule has 0 spiro atoms. The molecule has 2 aromatic carbocycles. The quantitative estimate of drug-likeness (QED) is 0.369. The Morgan fingerprint density at radius 2 is 1.60 bits per heavy atom. The van der Waals surface area contributed by atoms with Crippen molar-refractivity contribution in [3.63, 3.8) is 0 Å². The third-order valence-corrected chi connectivity index (χ3v) is 6.53. The number of anilines is 3. The predicted octanol–water partition coefficient (Wildman–Crippen LogP) is 2.99. The largest absolute Gasteiger partial charge is 0.368 e. The first-order chi connectivity index (χ1) is 16.8. The average Bonchev–Trinajstić information content (AvgIpc) is 3.39. The summed E-state index contributed by atoms with van der Waals surface area (Å²) >= 11 is 5.27. The van der Waals surface area contributed by atoms with Crippen molar-refractivity contribution < 1.29 is 14.5 Å². The van der Waals surface area contributed by atoms with Crippen LogP contribution in [0.15, 0.2) is 42.5 Å². The molecule has 0 atom stereocenters. The third-order valence-electron chi connectivity index (χ3n) is 6.32. The van der Waals surface area contributed by atoms with Crippen LogP contribution in [0.4, 0.5) is 22.7 Å². The number of nitrogens with one attached hydrogen (secondary N) is 2. The molecule has 2 saturated heterocycles. The SMILES string of the molecule is CC(=O)N1CCN(c2ccc(NC(=S)NC(=O)c3ccc(N4CCCC4)c([N+](=O)[O-])c3)cc2)CC1. The van der Waals surface area contributed by atoms with Gasteiger partial charge in [-0.25, -0.2) is 0 Å². The molecule has 184 valence electrons. The van der Waals surface area contributed by atoms with E-state index < -0.39 is 10.8 Å². The van der Waals surface area contributed by atoms with Crippen LogP contribution in [0, 0.1) is 10.1 Å². The normalized spacial score (nSPS) is 15.6. The summed E-state index contributed by atoms with van der Waals surface area (Å²) in [6, 6.07) is 12.1. The number of thiocarbonyl (C=S) groups is 1. The molecule has 0 aromatic heterocycles. The van der Waals surface area contributed by atoms with E-state index in [1.807, 2.05) is 34.1 Å². The lowest BCUT2D eigenvalue weighted by Crippen LogP contribution is -2.48. The fourth-order valence-electron chi connectivity index (χ4n) is 4.41. The van der Waals surface area contributed by atoms with E-state index >= 15 is 0 Å². The maximum absolute atomic E-state index is 12.7. The zero-order chi connectivity index (χ0) is 24.9. The van der Waals surface area contributed by atoms with E-state index in [0.29, 0.717) is 24.5 Å². The second kappa shape index (κ2) is 10.7. The maximum Gasteiger partial charge on any atom is 0.293 e. The minimum Gasteiger partial charge on any atom is -0.368 e. The number of nitro benzene ring substituents is 1. The van der Waals surface area contributed by atoms with Gasteiger partial charge in [0.15, 0.2) is 5.11 Å². The van der Waals surface area contributed by atoms with Crippen molar-refractivity contribution in [2.75, 3.05) is 54.4 Å². The van der Waals surface area contributed by atoms with Crippen LogP contribution in [0.3, 0.4) is 0 Å². The van der Waals surface area contributed by atoms with Gasteiger partial charge in [-0.15, -0.1) is 0 Å². The molecule has 0 unspecified atom stereocenters. The van der Waals surface area contributed by atoms with Gasteiger partial charge in [-0.2, -0.15) is 0 Å². The second-order valence-electron chi connectivity index (χ2n) is 8.60. The van der Waals surface area contributed by atoms with Crippen molar-refractivity contribution in [2.24, 2.45) is 0 Å². The van der Waals surface area contributed by atoms with Gasteiger partial charge in [0.25, 0.3) is 11.6 Å². The highest BCUT2D eigenvalue weighted by atomic mass is 32.1. The molecule has 4 rings (SSSR count). The minimum atomic E-state index is -0.515. The molecule has 0 saturated carbocycles. The Bertz CT molecular complexity index is 1130. The molecule has 35 heavy (non-hydrogen) atoms. The summed E-state index contributed by atoms with van der Waals surface area (Å²) < 4.78 is 0. The number of benzene rings is 2. The molecule has 0 bridgehead atoms. The van der Waals surface area contributed by atoms with E-state index in [2.05, 4.69) is 15.5 Å². The number of carbonyl (C=O) groups excluding carboxylic acids is 2. The Balaban J connectivity index is 1.34. The Labute approximate surface area is 209 Å². The Morgan fingerprint density at radius 1 is 0.943 bits per heavy atom. The molecule has 2 amide bonds. The number of amides is 2. The lowest BCUT2D eigenvalue weighted by molar-refractivity contribution is -0.384. The van der Waals surface area contributed by atoms with E-state index in [-0.39, 0.29) is 22.3 Å². The van der Waals surface area contributed by atoms with Gasteiger partial charge in [0.2, 0.25) is 5.91 Å². The Kier molecular flexibility index (Phi) is 7.45. The smallest absolute Gasteiger partial charge is 0.293 e. The molecular weight excluding hydrogens is 468 g/mol. The van der Waals surface area contributed by atoms with Gasteiger partial charge in [0.05, 0.1) is 4.92 Å². The lowest BCUT2D eigenvalue weighted by Gasteiger charge is -2.35. The first-order valence-corrected chi connectivity index (χ1v) is 12.0. The number of rotatable bonds is 5. The zero-order valence-corrected chi connectivity index (χ0v) is 20.3. The molecule has 2 N–H and O–H groups in total. The molecule has 2 aliphatic rings. The summed E-state index contributed by atoms with van der Waals surface area (Å²) in [6.07, 6.45) is 1.99. The number of nitro groups is 1. The summed E-state index contributed by atoms with van der Waals surface area (Å²) in [7, 11) is 0. The summed E-state index contributed by atoms with van der Waals surface area (Å²) in [5.41, 5.74) is 2.37. The number of carbonyl (C=O) groups is 2. The van der Waals surface area contributed by atoms with Crippen molar-refractivity contribution >= 4 is 51.9 Å². The van der Waals surface area contributed by atoms with Crippen molar-refractivity contribution in [1.82, 2.24) is 10.2 Å². The van der Waals surface area contributed by atoms with E-state index in [4.69, 9.17) is 12.2 Å². The van der Waals surface area contributed by atoms with Crippen LogP contribution in [0.2, 0.25) is 0 Å². The molecule has 10 nitrogen and oxygen atoms in total. The summed E-state index contributed by atoms with van der Waals surface area (Å²) in [5, 5.41) is 17.3. The van der Waals surface area contributed by atoms with Crippen LogP contribution in [0.25, 0.3) is 0 Å². The maximum atomic E-state index is 12.7. The summed E-state index contributed by atoms with van der Waals surface area (Å²) in [5.74, 6) is -0.421. The zero-order valence-electron chi connectivity index (χ0n) is 19.5. The topological polar surface area (TPSA) is 111 Å². The summed E-state index contributed by atoms with van der Waals surface area (Å²) in [6.45, 7) is 6.06. The molecule has 2 aromatic rings. The second-order valence-corrected chi connectivity index (χ2v) is 9.01. The van der Waals surface area contributed by atoms with Crippen LogP contribution in [-0.2, 0) is 4.79 Å². The highest BCUT2D eigenvalue weighted by Gasteiger charge is 2.24. The Hall–Kier alpha value is -3.73. The minimum absolute atomic E-state index is 0.0850. The average molecular weight is 497 g/mol. The monoisotopic (exact) mass is 496 g/mol. The molecule has 2 heterocycles. The van der Waals surface area contributed by atoms with E-state index in [9.17, 15) is 19.7 Å². The number of hydrogen-bond donors (Lipinski definition) is 2. The highest BCUT2D eigenvalue weighted by Crippen LogP contribution is 2.31.